The lowest BCUT2D eigenvalue weighted by Gasteiger charge is -2.23. The van der Waals surface area contributed by atoms with Gasteiger partial charge >= 0.3 is 12.0 Å². The SMILES string of the molecule is CCCC(NC(=O)N(C)CCN1CCCC1)C(=O)O. The smallest absolute Gasteiger partial charge is 0.326 e. The molecule has 6 nitrogen and oxygen atoms in total. The lowest BCUT2D eigenvalue weighted by atomic mass is 10.2. The van der Waals surface area contributed by atoms with E-state index in [0.717, 1.165) is 26.1 Å². The maximum absolute atomic E-state index is 11.9. The van der Waals surface area contributed by atoms with E-state index in [0.29, 0.717) is 13.0 Å². The second kappa shape index (κ2) is 7.99. The molecule has 110 valence electrons. The third-order valence-electron chi connectivity index (χ3n) is 3.47. The molecule has 1 heterocycles. The van der Waals surface area contributed by atoms with Gasteiger partial charge in [0.2, 0.25) is 0 Å². The first kappa shape index (κ1) is 15.8. The van der Waals surface area contributed by atoms with E-state index in [1.54, 1.807) is 11.9 Å². The molecule has 0 bridgehead atoms. The number of likely N-dealkylation sites (N-methyl/N-ethyl adjacent to an activating group) is 1. The summed E-state index contributed by atoms with van der Waals surface area (Å²) in [4.78, 5) is 26.7. The van der Waals surface area contributed by atoms with Gasteiger partial charge in [0.1, 0.15) is 6.04 Å². The number of nitrogens with zero attached hydrogens (tertiary/aromatic N) is 2. The highest BCUT2D eigenvalue weighted by atomic mass is 16.4. The van der Waals surface area contributed by atoms with Crippen molar-refractivity contribution in [3.8, 4) is 0 Å². The van der Waals surface area contributed by atoms with Gasteiger partial charge in [0.15, 0.2) is 0 Å². The molecule has 1 rings (SSSR count). The molecule has 0 aromatic rings. The van der Waals surface area contributed by atoms with Crippen molar-refractivity contribution in [3.05, 3.63) is 0 Å². The van der Waals surface area contributed by atoms with Crippen molar-refractivity contribution >= 4 is 12.0 Å². The van der Waals surface area contributed by atoms with Gasteiger partial charge in [0.05, 0.1) is 0 Å². The Hall–Kier alpha value is -1.30. The summed E-state index contributed by atoms with van der Waals surface area (Å²) in [5.41, 5.74) is 0. The Morgan fingerprint density at radius 1 is 1.37 bits per heavy atom. The molecule has 0 spiro atoms. The molecule has 1 aliphatic rings. The van der Waals surface area contributed by atoms with Crippen LogP contribution >= 0.6 is 0 Å². The number of amides is 2. The van der Waals surface area contributed by atoms with Crippen molar-refractivity contribution in [2.75, 3.05) is 33.2 Å². The molecule has 19 heavy (non-hydrogen) atoms. The van der Waals surface area contributed by atoms with E-state index < -0.39 is 12.0 Å². The van der Waals surface area contributed by atoms with Crippen LogP contribution in [0.2, 0.25) is 0 Å². The van der Waals surface area contributed by atoms with Gasteiger partial charge in [-0.05, 0) is 32.4 Å². The van der Waals surface area contributed by atoms with Gasteiger partial charge in [-0.25, -0.2) is 9.59 Å². The normalized spacial score (nSPS) is 17.2. The fraction of sp³-hybridized carbons (Fsp3) is 0.846. The minimum atomic E-state index is -0.969. The van der Waals surface area contributed by atoms with Crippen LogP contribution in [0.3, 0.4) is 0 Å². The van der Waals surface area contributed by atoms with Gasteiger partial charge in [-0.15, -0.1) is 0 Å². The van der Waals surface area contributed by atoms with Gasteiger partial charge in [0.25, 0.3) is 0 Å². The quantitative estimate of drug-likeness (QED) is 0.724. The van der Waals surface area contributed by atoms with Crippen LogP contribution in [0, 0.1) is 0 Å². The summed E-state index contributed by atoms with van der Waals surface area (Å²) in [6.07, 6.45) is 3.65. The summed E-state index contributed by atoms with van der Waals surface area (Å²) < 4.78 is 0. The number of carbonyl (C=O) groups excluding carboxylic acids is 1. The highest BCUT2D eigenvalue weighted by molar-refractivity contribution is 5.82. The number of carboxylic acid groups (broad SMARTS) is 1. The zero-order chi connectivity index (χ0) is 14.3. The van der Waals surface area contributed by atoms with Crippen LogP contribution in [0.25, 0.3) is 0 Å². The number of carbonyl (C=O) groups is 2. The Labute approximate surface area is 114 Å². The molecule has 0 aromatic carbocycles. The summed E-state index contributed by atoms with van der Waals surface area (Å²) in [5.74, 6) is -0.969. The van der Waals surface area contributed by atoms with Crippen molar-refractivity contribution < 1.29 is 14.7 Å². The summed E-state index contributed by atoms with van der Waals surface area (Å²) >= 11 is 0. The van der Waals surface area contributed by atoms with Crippen LogP contribution in [-0.4, -0.2) is 66.2 Å². The first-order valence-electron chi connectivity index (χ1n) is 7.01. The number of carboxylic acids is 1. The average Bonchev–Trinajstić information content (AvgIpc) is 2.88. The molecule has 0 saturated carbocycles. The van der Waals surface area contributed by atoms with Crippen molar-refractivity contribution in [1.29, 1.82) is 0 Å². The van der Waals surface area contributed by atoms with Crippen molar-refractivity contribution in [2.45, 2.75) is 38.6 Å². The number of hydrogen-bond donors (Lipinski definition) is 2. The minimum Gasteiger partial charge on any atom is -0.480 e. The van der Waals surface area contributed by atoms with Crippen molar-refractivity contribution in [1.82, 2.24) is 15.1 Å². The number of likely N-dealkylation sites (tertiary alicyclic amines) is 1. The molecule has 1 unspecified atom stereocenters. The second-order valence-electron chi connectivity index (χ2n) is 5.10. The molecular weight excluding hydrogens is 246 g/mol. The molecule has 0 aliphatic carbocycles. The van der Waals surface area contributed by atoms with Crippen LogP contribution in [0.15, 0.2) is 0 Å². The van der Waals surface area contributed by atoms with E-state index in [4.69, 9.17) is 5.11 Å². The molecule has 0 radical (unpaired) electrons. The number of hydrogen-bond acceptors (Lipinski definition) is 3. The minimum absolute atomic E-state index is 0.306. The number of nitrogens with one attached hydrogen (secondary N) is 1. The largest absolute Gasteiger partial charge is 0.480 e. The molecule has 2 amide bonds. The number of rotatable bonds is 7. The maximum atomic E-state index is 11.9. The molecule has 0 aromatic heterocycles. The van der Waals surface area contributed by atoms with E-state index in [9.17, 15) is 9.59 Å². The van der Waals surface area contributed by atoms with Gasteiger partial charge in [-0.1, -0.05) is 13.3 Å². The molecule has 1 aliphatic heterocycles. The van der Waals surface area contributed by atoms with E-state index in [-0.39, 0.29) is 6.03 Å². The Balaban J connectivity index is 2.31. The fourth-order valence-electron chi connectivity index (χ4n) is 2.20. The summed E-state index contributed by atoms with van der Waals surface area (Å²) in [5, 5.41) is 11.6. The van der Waals surface area contributed by atoms with E-state index in [2.05, 4.69) is 10.2 Å². The predicted molar refractivity (Wildman–Crippen MR) is 73.2 cm³/mol. The molecule has 2 N–H and O–H groups in total. The molecule has 1 atom stereocenters. The van der Waals surface area contributed by atoms with Gasteiger partial charge < -0.3 is 20.2 Å². The molecule has 1 saturated heterocycles. The zero-order valence-electron chi connectivity index (χ0n) is 11.9. The highest BCUT2D eigenvalue weighted by Gasteiger charge is 2.21. The van der Waals surface area contributed by atoms with Crippen LogP contribution in [0.5, 0.6) is 0 Å². The van der Waals surface area contributed by atoms with Gasteiger partial charge in [-0.3, -0.25) is 0 Å². The summed E-state index contributed by atoms with van der Waals surface area (Å²) in [7, 11) is 1.70. The lowest BCUT2D eigenvalue weighted by Crippen LogP contribution is -2.48. The Morgan fingerprint density at radius 3 is 2.53 bits per heavy atom. The van der Waals surface area contributed by atoms with Crippen LogP contribution in [-0.2, 0) is 4.79 Å². The predicted octanol–water partition coefficient (Wildman–Crippen LogP) is 0.977. The van der Waals surface area contributed by atoms with E-state index in [1.807, 2.05) is 6.92 Å². The lowest BCUT2D eigenvalue weighted by molar-refractivity contribution is -0.139. The second-order valence-corrected chi connectivity index (χ2v) is 5.10. The number of urea groups is 1. The fourth-order valence-corrected chi connectivity index (χ4v) is 2.20. The summed E-state index contributed by atoms with van der Waals surface area (Å²) in [6, 6.07) is -1.09. The number of aliphatic carboxylic acids is 1. The van der Waals surface area contributed by atoms with Gasteiger partial charge in [-0.2, -0.15) is 0 Å². The summed E-state index contributed by atoms with van der Waals surface area (Å²) in [6.45, 7) is 5.59. The van der Waals surface area contributed by atoms with E-state index in [1.165, 1.54) is 12.8 Å². The maximum Gasteiger partial charge on any atom is 0.326 e. The highest BCUT2D eigenvalue weighted by Crippen LogP contribution is 2.06. The van der Waals surface area contributed by atoms with Crippen LogP contribution < -0.4 is 5.32 Å². The molecule has 1 fully saturated rings. The van der Waals surface area contributed by atoms with Gasteiger partial charge in [0, 0.05) is 20.1 Å². The van der Waals surface area contributed by atoms with Crippen LogP contribution in [0.1, 0.15) is 32.6 Å². The third-order valence-corrected chi connectivity index (χ3v) is 3.47. The third kappa shape index (κ3) is 5.46. The monoisotopic (exact) mass is 271 g/mol. The average molecular weight is 271 g/mol. The van der Waals surface area contributed by atoms with Crippen LogP contribution in [0.4, 0.5) is 4.79 Å². The van der Waals surface area contributed by atoms with E-state index >= 15 is 0 Å². The van der Waals surface area contributed by atoms with Crippen molar-refractivity contribution in [3.63, 3.8) is 0 Å². The van der Waals surface area contributed by atoms with Crippen molar-refractivity contribution in [2.24, 2.45) is 0 Å². The topological polar surface area (TPSA) is 72.9 Å². The molecule has 6 heteroatoms. The Bertz CT molecular complexity index is 304. The standard InChI is InChI=1S/C13H25N3O3/c1-3-6-11(12(17)18)14-13(19)15(2)9-10-16-7-4-5-8-16/h11H,3-10H2,1-2H3,(H,14,19)(H,17,18). The Kier molecular flexibility index (Phi) is 6.62. The zero-order valence-corrected chi connectivity index (χ0v) is 11.9. The Morgan fingerprint density at radius 2 is 2.00 bits per heavy atom. The molecular formula is C13H25N3O3. The first-order chi connectivity index (χ1) is 9.04. The first-order valence-corrected chi connectivity index (χ1v) is 7.01.